The number of aromatic nitrogens is 1. The Morgan fingerprint density at radius 1 is 0.710 bits per heavy atom. The van der Waals surface area contributed by atoms with Crippen LogP contribution in [0.4, 0.5) is 0 Å². The van der Waals surface area contributed by atoms with Gasteiger partial charge in [-0.25, -0.2) is 0 Å². The molecule has 1 aromatic heterocycles. The van der Waals surface area contributed by atoms with Gasteiger partial charge < -0.3 is 9.30 Å². The maximum absolute atomic E-state index is 6.71. The number of hydrogen-bond acceptors (Lipinski definition) is 2. The van der Waals surface area contributed by atoms with E-state index >= 15 is 0 Å². The van der Waals surface area contributed by atoms with Crippen molar-refractivity contribution in [3.63, 3.8) is 0 Å². The van der Waals surface area contributed by atoms with Gasteiger partial charge in [0.25, 0.3) is 0 Å². The fourth-order valence-electron chi connectivity index (χ4n) is 4.69. The van der Waals surface area contributed by atoms with E-state index in [-0.39, 0.29) is 12.2 Å². The molecule has 0 amide bonds. The second-order valence-corrected chi connectivity index (χ2v) is 8.54. The molecule has 158 valence electrons. The Balaban J connectivity index is 1.26. The van der Waals surface area contributed by atoms with Gasteiger partial charge in [-0.2, -0.15) is 0 Å². The van der Waals surface area contributed by atoms with E-state index in [4.69, 9.17) is 4.74 Å². The topological polar surface area (TPSA) is 17.4 Å². The summed E-state index contributed by atoms with van der Waals surface area (Å²) >= 11 is 0. The Kier molecular flexibility index (Phi) is 5.88. The SMILES string of the molecule is CC(N1CCC(OC(c2ccccc2)c2ccccc2)CC1)n1cc2ccccc2c1. The van der Waals surface area contributed by atoms with E-state index < -0.39 is 0 Å². The van der Waals surface area contributed by atoms with Crippen LogP contribution in [-0.4, -0.2) is 28.7 Å². The van der Waals surface area contributed by atoms with Crippen molar-refractivity contribution in [3.05, 3.63) is 108 Å². The molecule has 3 heteroatoms. The lowest BCUT2D eigenvalue weighted by Gasteiger charge is -2.37. The molecule has 1 aliphatic heterocycles. The average Bonchev–Trinajstić information content (AvgIpc) is 3.28. The minimum Gasteiger partial charge on any atom is -0.365 e. The molecule has 1 saturated heterocycles. The summed E-state index contributed by atoms with van der Waals surface area (Å²) in [6, 6.07) is 29.8. The summed E-state index contributed by atoms with van der Waals surface area (Å²) in [4.78, 5) is 2.57. The lowest BCUT2D eigenvalue weighted by molar-refractivity contribution is -0.0379. The molecule has 31 heavy (non-hydrogen) atoms. The molecule has 2 heterocycles. The maximum Gasteiger partial charge on any atom is 0.108 e. The standard InChI is InChI=1S/C28H30N2O/c1-22(30-20-25-14-8-9-15-26(25)21-30)29-18-16-27(17-19-29)31-28(23-10-4-2-5-11-23)24-12-6-3-7-13-24/h2-15,20-22,27-28H,16-19H2,1H3. The van der Waals surface area contributed by atoms with Crippen molar-refractivity contribution in [3.8, 4) is 0 Å². The lowest BCUT2D eigenvalue weighted by atomic mass is 10.00. The van der Waals surface area contributed by atoms with Crippen LogP contribution in [0.15, 0.2) is 97.3 Å². The number of benzene rings is 3. The molecule has 0 bridgehead atoms. The number of hydrogen-bond donors (Lipinski definition) is 0. The van der Waals surface area contributed by atoms with Crippen molar-refractivity contribution in [1.82, 2.24) is 9.47 Å². The van der Waals surface area contributed by atoms with E-state index in [0.717, 1.165) is 25.9 Å². The van der Waals surface area contributed by atoms with Crippen LogP contribution in [0.25, 0.3) is 10.8 Å². The van der Waals surface area contributed by atoms with Crippen LogP contribution in [0, 0.1) is 0 Å². The van der Waals surface area contributed by atoms with E-state index in [2.05, 4.69) is 114 Å². The summed E-state index contributed by atoms with van der Waals surface area (Å²) in [5.41, 5.74) is 2.45. The highest BCUT2D eigenvalue weighted by Crippen LogP contribution is 2.31. The third kappa shape index (κ3) is 4.43. The zero-order valence-corrected chi connectivity index (χ0v) is 18.1. The molecule has 1 atom stereocenters. The number of rotatable bonds is 6. The van der Waals surface area contributed by atoms with E-state index in [0.29, 0.717) is 6.17 Å². The van der Waals surface area contributed by atoms with Gasteiger partial charge in [-0.05, 0) is 41.7 Å². The van der Waals surface area contributed by atoms with Gasteiger partial charge in [0.2, 0.25) is 0 Å². The largest absolute Gasteiger partial charge is 0.365 e. The Morgan fingerprint density at radius 3 is 1.71 bits per heavy atom. The first-order valence-electron chi connectivity index (χ1n) is 11.3. The summed E-state index contributed by atoms with van der Waals surface area (Å²) in [7, 11) is 0. The highest BCUT2D eigenvalue weighted by molar-refractivity contribution is 5.82. The monoisotopic (exact) mass is 410 g/mol. The minimum absolute atomic E-state index is 0.00822. The highest BCUT2D eigenvalue weighted by Gasteiger charge is 2.27. The van der Waals surface area contributed by atoms with Gasteiger partial charge in [0, 0.05) is 25.5 Å². The van der Waals surface area contributed by atoms with Gasteiger partial charge in [0.05, 0.1) is 12.3 Å². The molecule has 1 fully saturated rings. The van der Waals surface area contributed by atoms with Crippen molar-refractivity contribution in [2.75, 3.05) is 13.1 Å². The van der Waals surface area contributed by atoms with Crippen LogP contribution in [0.1, 0.15) is 43.2 Å². The third-order valence-corrected chi connectivity index (χ3v) is 6.54. The van der Waals surface area contributed by atoms with Crippen LogP contribution in [-0.2, 0) is 4.74 Å². The Labute approximate surface area is 184 Å². The summed E-state index contributed by atoms with van der Waals surface area (Å²) in [6.07, 6.45) is 7.27. The Morgan fingerprint density at radius 2 is 1.19 bits per heavy atom. The number of fused-ring (bicyclic) bond motifs is 1. The molecule has 3 nitrogen and oxygen atoms in total. The van der Waals surface area contributed by atoms with E-state index in [1.54, 1.807) is 0 Å². The molecule has 0 spiro atoms. The van der Waals surface area contributed by atoms with Gasteiger partial charge >= 0.3 is 0 Å². The van der Waals surface area contributed by atoms with Crippen LogP contribution >= 0.6 is 0 Å². The van der Waals surface area contributed by atoms with Crippen molar-refractivity contribution in [2.24, 2.45) is 0 Å². The maximum atomic E-state index is 6.71. The molecule has 1 aliphatic rings. The zero-order valence-electron chi connectivity index (χ0n) is 18.1. The molecule has 4 aromatic rings. The Hall–Kier alpha value is -2.88. The second-order valence-electron chi connectivity index (χ2n) is 8.54. The highest BCUT2D eigenvalue weighted by atomic mass is 16.5. The molecule has 1 unspecified atom stereocenters. The second kappa shape index (κ2) is 9.09. The van der Waals surface area contributed by atoms with Crippen molar-refractivity contribution in [1.29, 1.82) is 0 Å². The summed E-state index contributed by atoms with van der Waals surface area (Å²) in [6.45, 7) is 4.41. The van der Waals surface area contributed by atoms with E-state index in [1.165, 1.54) is 21.9 Å². The van der Waals surface area contributed by atoms with Crippen molar-refractivity contribution < 1.29 is 4.74 Å². The molecule has 3 aromatic carbocycles. The minimum atomic E-state index is -0.00822. The first-order chi connectivity index (χ1) is 15.3. The first-order valence-corrected chi connectivity index (χ1v) is 11.3. The summed E-state index contributed by atoms with van der Waals surface area (Å²) in [5, 5.41) is 2.61. The number of piperidine rings is 1. The predicted molar refractivity (Wildman–Crippen MR) is 127 cm³/mol. The van der Waals surface area contributed by atoms with Crippen molar-refractivity contribution >= 4 is 10.8 Å². The Bertz CT molecular complexity index is 1030. The fourth-order valence-corrected chi connectivity index (χ4v) is 4.69. The first kappa shape index (κ1) is 20.0. The van der Waals surface area contributed by atoms with Gasteiger partial charge in [-0.3, -0.25) is 4.90 Å². The molecule has 0 saturated carbocycles. The van der Waals surface area contributed by atoms with Gasteiger partial charge in [0.1, 0.15) is 6.10 Å². The quantitative estimate of drug-likeness (QED) is 0.364. The molecule has 0 aliphatic carbocycles. The predicted octanol–water partition coefficient (Wildman–Crippen LogP) is 6.43. The number of nitrogens with zero attached hydrogens (tertiary/aromatic N) is 2. The van der Waals surface area contributed by atoms with Gasteiger partial charge in [-0.1, -0.05) is 84.9 Å². The third-order valence-electron chi connectivity index (χ3n) is 6.54. The van der Waals surface area contributed by atoms with Crippen LogP contribution in [0.5, 0.6) is 0 Å². The van der Waals surface area contributed by atoms with Crippen molar-refractivity contribution in [2.45, 2.75) is 38.1 Å². The number of likely N-dealkylation sites (tertiary alicyclic amines) is 1. The molecular formula is C28H30N2O. The molecule has 0 radical (unpaired) electrons. The van der Waals surface area contributed by atoms with E-state index in [9.17, 15) is 0 Å². The van der Waals surface area contributed by atoms with E-state index in [1.807, 2.05) is 0 Å². The molecule has 0 N–H and O–H groups in total. The normalized spacial score (nSPS) is 16.7. The van der Waals surface area contributed by atoms with Crippen LogP contribution in [0.2, 0.25) is 0 Å². The fraction of sp³-hybridized carbons (Fsp3) is 0.286. The number of ether oxygens (including phenoxy) is 1. The molecular weight excluding hydrogens is 380 g/mol. The summed E-state index contributed by atoms with van der Waals surface area (Å²) < 4.78 is 9.06. The van der Waals surface area contributed by atoms with Crippen LogP contribution < -0.4 is 0 Å². The smallest absolute Gasteiger partial charge is 0.108 e. The zero-order chi connectivity index (χ0) is 21.0. The molecule has 5 rings (SSSR count). The lowest BCUT2D eigenvalue weighted by Crippen LogP contribution is -2.40. The van der Waals surface area contributed by atoms with Crippen LogP contribution in [0.3, 0.4) is 0 Å². The van der Waals surface area contributed by atoms with Gasteiger partial charge in [-0.15, -0.1) is 0 Å². The average molecular weight is 411 g/mol. The van der Waals surface area contributed by atoms with Gasteiger partial charge in [0.15, 0.2) is 0 Å². The summed E-state index contributed by atoms with van der Waals surface area (Å²) in [5.74, 6) is 0.